The van der Waals surface area contributed by atoms with Crippen LogP contribution in [0.15, 0.2) is 53.3 Å². The first-order valence-electron chi connectivity index (χ1n) is 5.89. The van der Waals surface area contributed by atoms with Gasteiger partial charge in [-0.3, -0.25) is 0 Å². The van der Waals surface area contributed by atoms with Gasteiger partial charge in [0, 0.05) is 23.3 Å². The van der Waals surface area contributed by atoms with Gasteiger partial charge in [-0.05, 0) is 36.2 Å². The average Bonchev–Trinajstić information content (AvgIpc) is 2.73. The van der Waals surface area contributed by atoms with Crippen molar-refractivity contribution >= 4 is 21.6 Å². The summed E-state index contributed by atoms with van der Waals surface area (Å²) in [6.07, 6.45) is 5.08. The summed E-state index contributed by atoms with van der Waals surface area (Å²) in [4.78, 5) is 4.62. The molecule has 0 spiro atoms. The topological polar surface area (TPSA) is 17.3 Å². The van der Waals surface area contributed by atoms with Crippen molar-refractivity contribution in [2.75, 3.05) is 0 Å². The molecule has 90 valence electrons. The second-order valence-electron chi connectivity index (χ2n) is 4.51. The zero-order chi connectivity index (χ0) is 12.5. The molecule has 0 aliphatic carbocycles. The van der Waals surface area contributed by atoms with Gasteiger partial charge in [0.1, 0.15) is 5.65 Å². The third kappa shape index (κ3) is 2.31. The van der Waals surface area contributed by atoms with Crippen molar-refractivity contribution in [2.24, 2.45) is 0 Å². The molecule has 0 aliphatic rings. The largest absolute Gasteiger partial charge is 0.307 e. The third-order valence-electron chi connectivity index (χ3n) is 2.95. The molecule has 2 nitrogen and oxygen atoms in total. The minimum Gasteiger partial charge on any atom is -0.307 e. The summed E-state index contributed by atoms with van der Waals surface area (Å²) in [6, 6.07) is 12.5. The molecule has 0 aliphatic heterocycles. The van der Waals surface area contributed by atoms with E-state index < -0.39 is 0 Å². The third-order valence-corrected chi connectivity index (χ3v) is 3.48. The van der Waals surface area contributed by atoms with Gasteiger partial charge in [0.25, 0.3) is 0 Å². The molecule has 0 amide bonds. The second-order valence-corrected chi connectivity index (χ2v) is 5.42. The van der Waals surface area contributed by atoms with Crippen LogP contribution in [0.2, 0.25) is 0 Å². The zero-order valence-corrected chi connectivity index (χ0v) is 11.7. The lowest BCUT2D eigenvalue weighted by molar-refractivity contribution is 1.11. The van der Waals surface area contributed by atoms with Crippen molar-refractivity contribution in [2.45, 2.75) is 13.3 Å². The minimum absolute atomic E-state index is 0.869. The fourth-order valence-corrected chi connectivity index (χ4v) is 2.32. The first kappa shape index (κ1) is 11.5. The number of imidazole rings is 1. The summed E-state index contributed by atoms with van der Waals surface area (Å²) < 4.78 is 3.20. The number of halogens is 1. The highest BCUT2D eigenvalue weighted by Crippen LogP contribution is 2.15. The maximum Gasteiger partial charge on any atom is 0.137 e. The Balaban J connectivity index is 1.92. The monoisotopic (exact) mass is 300 g/mol. The Kier molecular flexibility index (Phi) is 2.92. The van der Waals surface area contributed by atoms with Crippen LogP contribution in [0.1, 0.15) is 16.8 Å². The van der Waals surface area contributed by atoms with Crippen LogP contribution in [0, 0.1) is 6.92 Å². The highest BCUT2D eigenvalue weighted by atomic mass is 79.9. The van der Waals surface area contributed by atoms with Gasteiger partial charge in [-0.25, -0.2) is 4.98 Å². The lowest BCUT2D eigenvalue weighted by Gasteiger charge is -1.97. The van der Waals surface area contributed by atoms with Crippen molar-refractivity contribution < 1.29 is 0 Å². The number of aryl methyl sites for hydroxylation is 1. The Morgan fingerprint density at radius 3 is 2.61 bits per heavy atom. The highest BCUT2D eigenvalue weighted by Gasteiger charge is 2.03. The zero-order valence-electron chi connectivity index (χ0n) is 10.1. The van der Waals surface area contributed by atoms with Gasteiger partial charge in [-0.1, -0.05) is 34.1 Å². The van der Waals surface area contributed by atoms with E-state index in [0.29, 0.717) is 0 Å². The van der Waals surface area contributed by atoms with Gasteiger partial charge >= 0.3 is 0 Å². The quantitative estimate of drug-likeness (QED) is 0.699. The smallest absolute Gasteiger partial charge is 0.137 e. The molecule has 0 N–H and O–H groups in total. The molecule has 0 atom stereocenters. The molecular weight excluding hydrogens is 288 g/mol. The Bertz CT molecular complexity index is 683. The average molecular weight is 301 g/mol. The molecule has 2 heterocycles. The first-order chi connectivity index (χ1) is 8.70. The molecule has 3 heteroatoms. The number of hydrogen-bond donors (Lipinski definition) is 0. The Labute approximate surface area is 114 Å². The first-order valence-corrected chi connectivity index (χ1v) is 6.69. The number of nitrogens with zero attached hydrogens (tertiary/aromatic N) is 2. The number of pyridine rings is 1. The molecule has 0 unspecified atom stereocenters. The normalized spacial score (nSPS) is 11.0. The predicted molar refractivity (Wildman–Crippen MR) is 76.9 cm³/mol. The Morgan fingerprint density at radius 2 is 1.83 bits per heavy atom. The molecule has 0 saturated heterocycles. The molecule has 0 fully saturated rings. The van der Waals surface area contributed by atoms with Crippen LogP contribution in [0.4, 0.5) is 0 Å². The Morgan fingerprint density at radius 1 is 1.06 bits per heavy atom. The van der Waals surface area contributed by atoms with E-state index in [1.54, 1.807) is 0 Å². The van der Waals surface area contributed by atoms with E-state index in [2.05, 4.69) is 81.0 Å². The van der Waals surface area contributed by atoms with Gasteiger partial charge in [-0.2, -0.15) is 0 Å². The minimum atomic E-state index is 0.869. The molecule has 3 aromatic rings. The second kappa shape index (κ2) is 4.58. The van der Waals surface area contributed by atoms with Gasteiger partial charge < -0.3 is 4.40 Å². The van der Waals surface area contributed by atoms with Gasteiger partial charge in [-0.15, -0.1) is 0 Å². The van der Waals surface area contributed by atoms with E-state index in [9.17, 15) is 0 Å². The predicted octanol–water partition coefficient (Wildman–Crippen LogP) is 4.00. The molecular formula is C15H13BrN2. The maximum atomic E-state index is 4.62. The van der Waals surface area contributed by atoms with Gasteiger partial charge in [0.15, 0.2) is 0 Å². The van der Waals surface area contributed by atoms with Crippen LogP contribution in [0.5, 0.6) is 0 Å². The van der Waals surface area contributed by atoms with Crippen LogP contribution < -0.4 is 0 Å². The number of fused-ring (bicyclic) bond motifs is 1. The number of hydrogen-bond acceptors (Lipinski definition) is 1. The van der Waals surface area contributed by atoms with Crippen LogP contribution in [0.25, 0.3) is 5.65 Å². The molecule has 0 saturated carbocycles. The molecule has 3 rings (SSSR count). The molecule has 0 bridgehead atoms. The van der Waals surface area contributed by atoms with Gasteiger partial charge in [0.2, 0.25) is 0 Å². The maximum absolute atomic E-state index is 4.62. The molecule has 18 heavy (non-hydrogen) atoms. The van der Waals surface area contributed by atoms with E-state index in [4.69, 9.17) is 0 Å². The van der Waals surface area contributed by atoms with E-state index in [1.165, 1.54) is 11.1 Å². The van der Waals surface area contributed by atoms with Crippen molar-refractivity contribution in [1.29, 1.82) is 0 Å². The SMILES string of the molecule is Cc1ccc2nc(Cc3ccc(Br)cc3)cn2c1. The van der Waals surface area contributed by atoms with Crippen molar-refractivity contribution in [1.82, 2.24) is 9.38 Å². The molecule has 1 aromatic carbocycles. The summed E-state index contributed by atoms with van der Waals surface area (Å²) in [5.74, 6) is 0. The number of aromatic nitrogens is 2. The van der Waals surface area contributed by atoms with E-state index >= 15 is 0 Å². The highest BCUT2D eigenvalue weighted by molar-refractivity contribution is 9.10. The molecule has 0 radical (unpaired) electrons. The van der Waals surface area contributed by atoms with Crippen molar-refractivity contribution in [3.05, 3.63) is 70.1 Å². The fraction of sp³-hybridized carbons (Fsp3) is 0.133. The standard InChI is InChI=1S/C15H13BrN2/c1-11-2-7-15-17-14(10-18(15)9-11)8-12-3-5-13(16)6-4-12/h2-7,9-10H,8H2,1H3. The molecule has 2 aromatic heterocycles. The number of rotatable bonds is 2. The number of benzene rings is 1. The Hall–Kier alpha value is -1.61. The van der Waals surface area contributed by atoms with E-state index in [0.717, 1.165) is 22.2 Å². The van der Waals surface area contributed by atoms with Crippen LogP contribution in [-0.4, -0.2) is 9.38 Å². The summed E-state index contributed by atoms with van der Waals surface area (Å²) in [6.45, 7) is 2.09. The fourth-order valence-electron chi connectivity index (χ4n) is 2.05. The van der Waals surface area contributed by atoms with Crippen LogP contribution in [0.3, 0.4) is 0 Å². The van der Waals surface area contributed by atoms with Crippen LogP contribution >= 0.6 is 15.9 Å². The lowest BCUT2D eigenvalue weighted by atomic mass is 10.1. The summed E-state index contributed by atoms with van der Waals surface area (Å²) in [7, 11) is 0. The van der Waals surface area contributed by atoms with Crippen molar-refractivity contribution in [3.8, 4) is 0 Å². The summed E-state index contributed by atoms with van der Waals surface area (Å²) >= 11 is 3.45. The van der Waals surface area contributed by atoms with Crippen molar-refractivity contribution in [3.63, 3.8) is 0 Å². The van der Waals surface area contributed by atoms with Gasteiger partial charge in [0.05, 0.1) is 5.69 Å². The summed E-state index contributed by atoms with van der Waals surface area (Å²) in [5, 5.41) is 0. The van der Waals surface area contributed by atoms with E-state index in [1.807, 2.05) is 0 Å². The summed E-state index contributed by atoms with van der Waals surface area (Å²) in [5.41, 5.74) is 4.63. The van der Waals surface area contributed by atoms with E-state index in [-0.39, 0.29) is 0 Å². The lowest BCUT2D eigenvalue weighted by Crippen LogP contribution is -1.87. The van der Waals surface area contributed by atoms with Crippen LogP contribution in [-0.2, 0) is 6.42 Å².